The molecule has 0 atom stereocenters. The molecule has 1 aliphatic rings. The van der Waals surface area contributed by atoms with Crippen molar-refractivity contribution in [2.24, 2.45) is 0 Å². The Bertz CT molecular complexity index is 2070. The smallest absolute Gasteiger partial charge is 0.160 e. The molecule has 0 saturated heterocycles. The summed E-state index contributed by atoms with van der Waals surface area (Å²) in [4.78, 5) is 12.8. The van der Waals surface area contributed by atoms with Crippen molar-refractivity contribution in [1.29, 1.82) is 0 Å². The van der Waals surface area contributed by atoms with Crippen LogP contribution in [-0.4, -0.2) is 9.97 Å². The lowest BCUT2D eigenvalue weighted by atomic mass is 9.73. The van der Waals surface area contributed by atoms with Crippen LogP contribution in [0.1, 0.15) is 25.0 Å². The number of hydrogen-bond acceptors (Lipinski definition) is 3. The molecule has 200 valence electrons. The molecule has 1 aliphatic heterocycles. The van der Waals surface area contributed by atoms with Crippen LogP contribution in [0, 0.1) is 0 Å². The molecule has 0 fully saturated rings. The van der Waals surface area contributed by atoms with Gasteiger partial charge in [-0.15, -0.1) is 0 Å². The maximum absolute atomic E-state index is 5.20. The third-order valence-corrected chi connectivity index (χ3v) is 8.65. The quantitative estimate of drug-likeness (QED) is 0.224. The Morgan fingerprint density at radius 2 is 1.19 bits per heavy atom. The second kappa shape index (κ2) is 9.39. The van der Waals surface area contributed by atoms with Gasteiger partial charge in [0.05, 0.1) is 22.6 Å². The number of rotatable bonds is 3. The topological polar surface area (TPSA) is 29.0 Å². The monoisotopic (exact) mass is 539 g/mol. The average Bonchev–Trinajstić information content (AvgIpc) is 3.04. The predicted molar refractivity (Wildman–Crippen MR) is 175 cm³/mol. The standard InChI is InChI=1S/C39H29N3/c1-39(2)32-19-8-10-21-35(32)42(36-22-11-9-20-33(36)39)28-23-24-31-34(25-28)40-38(27-14-4-3-5-15-27)41-37(31)30-18-12-16-26-13-6-7-17-29(26)30/h3-25H,1-2H3. The molecule has 7 aromatic rings. The number of nitrogens with zero attached hydrogens (tertiary/aromatic N) is 3. The highest BCUT2D eigenvalue weighted by Crippen LogP contribution is 2.52. The Morgan fingerprint density at radius 1 is 0.548 bits per heavy atom. The molecule has 3 heteroatoms. The molecule has 8 rings (SSSR count). The van der Waals surface area contributed by atoms with Crippen LogP contribution < -0.4 is 4.90 Å². The van der Waals surface area contributed by atoms with E-state index in [9.17, 15) is 0 Å². The summed E-state index contributed by atoms with van der Waals surface area (Å²) in [6, 6.07) is 49.4. The maximum atomic E-state index is 5.20. The van der Waals surface area contributed by atoms with E-state index in [2.05, 4.69) is 140 Å². The van der Waals surface area contributed by atoms with E-state index >= 15 is 0 Å². The van der Waals surface area contributed by atoms with E-state index in [-0.39, 0.29) is 5.41 Å². The van der Waals surface area contributed by atoms with Crippen LogP contribution in [0.15, 0.2) is 140 Å². The van der Waals surface area contributed by atoms with Crippen LogP contribution in [-0.2, 0) is 5.41 Å². The fraction of sp³-hybridized carbons (Fsp3) is 0.0769. The Morgan fingerprint density at radius 3 is 1.95 bits per heavy atom. The van der Waals surface area contributed by atoms with Gasteiger partial charge in [0, 0.05) is 27.6 Å². The Hall–Kier alpha value is -5.28. The molecule has 0 bridgehead atoms. The lowest BCUT2D eigenvalue weighted by molar-refractivity contribution is 0.632. The first kappa shape index (κ1) is 24.5. The van der Waals surface area contributed by atoms with Crippen molar-refractivity contribution >= 4 is 38.7 Å². The predicted octanol–water partition coefficient (Wildman–Crippen LogP) is 10.2. The van der Waals surface area contributed by atoms with Crippen molar-refractivity contribution < 1.29 is 0 Å². The minimum Gasteiger partial charge on any atom is -0.310 e. The van der Waals surface area contributed by atoms with Crippen LogP contribution in [0.5, 0.6) is 0 Å². The summed E-state index contributed by atoms with van der Waals surface area (Å²) in [6.07, 6.45) is 0. The molecule has 1 aromatic heterocycles. The van der Waals surface area contributed by atoms with Gasteiger partial charge in [-0.25, -0.2) is 9.97 Å². The number of hydrogen-bond donors (Lipinski definition) is 0. The molecule has 0 saturated carbocycles. The fourth-order valence-corrected chi connectivity index (χ4v) is 6.56. The first-order valence-corrected chi connectivity index (χ1v) is 14.4. The number of anilines is 3. The SMILES string of the molecule is CC1(C)c2ccccc2N(c2ccc3c(-c4cccc5ccccc45)nc(-c4ccccc4)nc3c2)c2ccccc21. The summed E-state index contributed by atoms with van der Waals surface area (Å²) in [5.74, 6) is 0.726. The summed E-state index contributed by atoms with van der Waals surface area (Å²) in [6.45, 7) is 4.64. The van der Waals surface area contributed by atoms with E-state index in [1.54, 1.807) is 0 Å². The van der Waals surface area contributed by atoms with Crippen LogP contribution in [0.3, 0.4) is 0 Å². The molecular weight excluding hydrogens is 510 g/mol. The van der Waals surface area contributed by atoms with Gasteiger partial charge < -0.3 is 4.90 Å². The zero-order valence-electron chi connectivity index (χ0n) is 23.6. The van der Waals surface area contributed by atoms with Gasteiger partial charge in [-0.1, -0.05) is 123 Å². The highest BCUT2D eigenvalue weighted by atomic mass is 15.2. The maximum Gasteiger partial charge on any atom is 0.160 e. The summed E-state index contributed by atoms with van der Waals surface area (Å²) in [5.41, 5.74) is 9.99. The summed E-state index contributed by atoms with van der Waals surface area (Å²) in [7, 11) is 0. The molecule has 2 heterocycles. The number of para-hydroxylation sites is 2. The van der Waals surface area contributed by atoms with E-state index in [0.29, 0.717) is 0 Å². The van der Waals surface area contributed by atoms with Crippen molar-refractivity contribution in [3.63, 3.8) is 0 Å². The number of aromatic nitrogens is 2. The molecule has 0 spiro atoms. The Kier molecular flexibility index (Phi) is 5.48. The largest absolute Gasteiger partial charge is 0.310 e. The molecular formula is C39H29N3. The number of benzene rings is 6. The van der Waals surface area contributed by atoms with E-state index in [1.807, 2.05) is 18.2 Å². The second-order valence-corrected chi connectivity index (χ2v) is 11.5. The third-order valence-electron chi connectivity index (χ3n) is 8.65. The molecule has 3 nitrogen and oxygen atoms in total. The third kappa shape index (κ3) is 3.74. The molecule has 0 N–H and O–H groups in total. The van der Waals surface area contributed by atoms with Crippen LogP contribution in [0.25, 0.3) is 44.3 Å². The van der Waals surface area contributed by atoms with Gasteiger partial charge in [0.2, 0.25) is 0 Å². The average molecular weight is 540 g/mol. The summed E-state index contributed by atoms with van der Waals surface area (Å²) < 4.78 is 0. The summed E-state index contributed by atoms with van der Waals surface area (Å²) >= 11 is 0. The molecule has 6 aromatic carbocycles. The minimum atomic E-state index is -0.106. The molecule has 0 aliphatic carbocycles. The normalized spacial score (nSPS) is 13.6. The van der Waals surface area contributed by atoms with Gasteiger partial charge in [0.15, 0.2) is 5.82 Å². The van der Waals surface area contributed by atoms with Crippen molar-refractivity contribution in [3.8, 4) is 22.6 Å². The molecule has 42 heavy (non-hydrogen) atoms. The van der Waals surface area contributed by atoms with E-state index < -0.39 is 0 Å². The van der Waals surface area contributed by atoms with Crippen LogP contribution in [0.4, 0.5) is 17.1 Å². The molecule has 0 unspecified atom stereocenters. The molecule has 0 radical (unpaired) electrons. The van der Waals surface area contributed by atoms with Crippen molar-refractivity contribution in [3.05, 3.63) is 151 Å². The Labute approximate surface area is 245 Å². The van der Waals surface area contributed by atoms with E-state index in [1.165, 1.54) is 33.3 Å². The van der Waals surface area contributed by atoms with Crippen molar-refractivity contribution in [2.45, 2.75) is 19.3 Å². The van der Waals surface area contributed by atoms with Gasteiger partial charge in [-0.05, 0) is 52.2 Å². The molecule has 0 amide bonds. The second-order valence-electron chi connectivity index (χ2n) is 11.5. The highest BCUT2D eigenvalue weighted by molar-refractivity contribution is 6.04. The fourth-order valence-electron chi connectivity index (χ4n) is 6.56. The summed E-state index contributed by atoms with van der Waals surface area (Å²) in [5, 5.41) is 3.42. The number of fused-ring (bicyclic) bond motifs is 4. The van der Waals surface area contributed by atoms with Gasteiger partial charge in [-0.2, -0.15) is 0 Å². The minimum absolute atomic E-state index is 0.106. The Balaban J connectivity index is 1.40. The lowest BCUT2D eigenvalue weighted by Crippen LogP contribution is -2.30. The van der Waals surface area contributed by atoms with E-state index in [0.717, 1.165) is 39.2 Å². The zero-order chi connectivity index (χ0) is 28.3. The van der Waals surface area contributed by atoms with Gasteiger partial charge in [0.25, 0.3) is 0 Å². The van der Waals surface area contributed by atoms with Crippen molar-refractivity contribution in [2.75, 3.05) is 4.90 Å². The first-order chi connectivity index (χ1) is 20.6. The first-order valence-electron chi connectivity index (χ1n) is 14.4. The van der Waals surface area contributed by atoms with Gasteiger partial charge in [0.1, 0.15) is 0 Å². The van der Waals surface area contributed by atoms with Gasteiger partial charge >= 0.3 is 0 Å². The van der Waals surface area contributed by atoms with Crippen LogP contribution >= 0.6 is 0 Å². The van der Waals surface area contributed by atoms with Crippen molar-refractivity contribution in [1.82, 2.24) is 9.97 Å². The highest BCUT2D eigenvalue weighted by Gasteiger charge is 2.36. The van der Waals surface area contributed by atoms with E-state index in [4.69, 9.17) is 9.97 Å². The lowest BCUT2D eigenvalue weighted by Gasteiger charge is -2.42. The van der Waals surface area contributed by atoms with Gasteiger partial charge in [-0.3, -0.25) is 0 Å². The zero-order valence-corrected chi connectivity index (χ0v) is 23.6. The van der Waals surface area contributed by atoms with Crippen LogP contribution in [0.2, 0.25) is 0 Å².